The third-order valence-corrected chi connectivity index (χ3v) is 2.77. The molecule has 1 aromatic carbocycles. The Hall–Kier alpha value is -1.60. The van der Waals surface area contributed by atoms with Crippen molar-refractivity contribution in [3.05, 3.63) is 39.9 Å². The highest BCUT2D eigenvalue weighted by atomic mass is 79.9. The molecule has 0 fully saturated rings. The molecular weight excluding hydrogens is 282 g/mol. The van der Waals surface area contributed by atoms with Crippen molar-refractivity contribution >= 4 is 27.5 Å². The standard InChI is InChI=1S/C13H12BrNO2/c1-3-17-13(16)12(8-15)9(2)10-4-6-11(14)7-5-10/h4-7H,3H2,1-2H3. The second kappa shape index (κ2) is 6.21. The fourth-order valence-electron chi connectivity index (χ4n) is 1.33. The number of hydrogen-bond donors (Lipinski definition) is 0. The summed E-state index contributed by atoms with van der Waals surface area (Å²) in [6.45, 7) is 3.71. The lowest BCUT2D eigenvalue weighted by Crippen LogP contribution is -2.07. The van der Waals surface area contributed by atoms with Crippen LogP contribution in [0.4, 0.5) is 0 Å². The van der Waals surface area contributed by atoms with Gasteiger partial charge >= 0.3 is 5.97 Å². The molecule has 0 saturated carbocycles. The van der Waals surface area contributed by atoms with Gasteiger partial charge in [0.2, 0.25) is 0 Å². The summed E-state index contributed by atoms with van der Waals surface area (Å²) >= 11 is 3.33. The Labute approximate surface area is 109 Å². The molecule has 0 atom stereocenters. The lowest BCUT2D eigenvalue weighted by Gasteiger charge is -2.05. The summed E-state index contributed by atoms with van der Waals surface area (Å²) in [7, 11) is 0. The average molecular weight is 294 g/mol. The van der Waals surface area contributed by atoms with E-state index in [1.807, 2.05) is 30.3 Å². The maximum atomic E-state index is 11.5. The number of halogens is 1. The third kappa shape index (κ3) is 3.43. The molecule has 0 aliphatic rings. The lowest BCUT2D eigenvalue weighted by molar-refractivity contribution is -0.137. The van der Waals surface area contributed by atoms with Gasteiger partial charge in [-0.15, -0.1) is 0 Å². The van der Waals surface area contributed by atoms with Gasteiger partial charge in [-0.3, -0.25) is 0 Å². The highest BCUT2D eigenvalue weighted by Gasteiger charge is 2.14. The fourth-order valence-corrected chi connectivity index (χ4v) is 1.59. The van der Waals surface area contributed by atoms with Crippen LogP contribution in [0.1, 0.15) is 19.4 Å². The minimum absolute atomic E-state index is 0.0502. The van der Waals surface area contributed by atoms with Crippen LogP contribution in [0.5, 0.6) is 0 Å². The van der Waals surface area contributed by atoms with E-state index in [2.05, 4.69) is 15.9 Å². The summed E-state index contributed by atoms with van der Waals surface area (Å²) in [6, 6.07) is 9.30. The van der Waals surface area contributed by atoms with Crippen molar-refractivity contribution in [3.63, 3.8) is 0 Å². The number of nitriles is 1. The molecule has 4 heteroatoms. The molecule has 88 valence electrons. The molecule has 0 aliphatic heterocycles. The molecular formula is C13H12BrNO2. The molecule has 1 aromatic rings. The van der Waals surface area contributed by atoms with E-state index in [-0.39, 0.29) is 12.2 Å². The van der Waals surface area contributed by atoms with Crippen molar-refractivity contribution < 1.29 is 9.53 Å². The molecule has 0 bridgehead atoms. The van der Waals surface area contributed by atoms with Crippen LogP contribution >= 0.6 is 15.9 Å². The zero-order chi connectivity index (χ0) is 12.8. The van der Waals surface area contributed by atoms with Crippen LogP contribution in [0, 0.1) is 11.3 Å². The van der Waals surface area contributed by atoms with Gasteiger partial charge in [-0.05, 0) is 37.1 Å². The Balaban J connectivity index is 3.13. The number of benzene rings is 1. The molecule has 0 amide bonds. The van der Waals surface area contributed by atoms with Crippen molar-refractivity contribution in [2.24, 2.45) is 0 Å². The normalized spacial score (nSPS) is 11.4. The van der Waals surface area contributed by atoms with Gasteiger partial charge in [0.1, 0.15) is 11.6 Å². The van der Waals surface area contributed by atoms with Crippen LogP contribution in [0.3, 0.4) is 0 Å². The van der Waals surface area contributed by atoms with Gasteiger partial charge in [0.15, 0.2) is 0 Å². The molecule has 17 heavy (non-hydrogen) atoms. The number of nitrogens with zero attached hydrogens (tertiary/aromatic N) is 1. The molecule has 0 spiro atoms. The lowest BCUT2D eigenvalue weighted by atomic mass is 10.0. The van der Waals surface area contributed by atoms with E-state index in [0.717, 1.165) is 10.0 Å². The van der Waals surface area contributed by atoms with E-state index in [0.29, 0.717) is 5.57 Å². The largest absolute Gasteiger partial charge is 0.462 e. The Morgan fingerprint density at radius 2 is 2.00 bits per heavy atom. The highest BCUT2D eigenvalue weighted by molar-refractivity contribution is 9.10. The topological polar surface area (TPSA) is 50.1 Å². The number of allylic oxidation sites excluding steroid dienone is 1. The van der Waals surface area contributed by atoms with Crippen LogP contribution < -0.4 is 0 Å². The predicted molar refractivity (Wildman–Crippen MR) is 69.0 cm³/mol. The first-order valence-electron chi connectivity index (χ1n) is 5.14. The van der Waals surface area contributed by atoms with E-state index >= 15 is 0 Å². The second-order valence-electron chi connectivity index (χ2n) is 3.34. The van der Waals surface area contributed by atoms with Gasteiger partial charge < -0.3 is 4.74 Å². The Kier molecular flexibility index (Phi) is 4.92. The Morgan fingerprint density at radius 1 is 1.41 bits per heavy atom. The summed E-state index contributed by atoms with van der Waals surface area (Å²) in [5.41, 5.74) is 1.51. The van der Waals surface area contributed by atoms with Crippen molar-refractivity contribution in [1.29, 1.82) is 5.26 Å². The summed E-state index contributed by atoms with van der Waals surface area (Å²) in [5, 5.41) is 8.99. The van der Waals surface area contributed by atoms with Gasteiger partial charge in [0.25, 0.3) is 0 Å². The SMILES string of the molecule is CCOC(=O)C(C#N)=C(C)c1ccc(Br)cc1. The average Bonchev–Trinajstić information content (AvgIpc) is 2.31. The summed E-state index contributed by atoms with van der Waals surface area (Å²) < 4.78 is 5.78. The van der Waals surface area contributed by atoms with E-state index in [1.54, 1.807) is 13.8 Å². The molecule has 0 heterocycles. The zero-order valence-electron chi connectivity index (χ0n) is 9.66. The summed E-state index contributed by atoms with van der Waals surface area (Å²) in [6.07, 6.45) is 0. The van der Waals surface area contributed by atoms with E-state index in [4.69, 9.17) is 10.00 Å². The highest BCUT2D eigenvalue weighted by Crippen LogP contribution is 2.21. The Bertz CT molecular complexity index is 483. The summed E-state index contributed by atoms with van der Waals surface area (Å²) in [4.78, 5) is 11.5. The molecule has 3 nitrogen and oxygen atoms in total. The number of ether oxygens (including phenoxy) is 1. The van der Waals surface area contributed by atoms with Gasteiger partial charge in [-0.2, -0.15) is 5.26 Å². The predicted octanol–water partition coefficient (Wildman–Crippen LogP) is 3.31. The number of carbonyl (C=O) groups excluding carboxylic acids is 1. The first-order chi connectivity index (χ1) is 8.10. The van der Waals surface area contributed by atoms with Crippen LogP contribution in [0.2, 0.25) is 0 Å². The molecule has 0 aromatic heterocycles. The van der Waals surface area contributed by atoms with Crippen LogP contribution in [-0.2, 0) is 9.53 Å². The Morgan fingerprint density at radius 3 is 2.47 bits per heavy atom. The first-order valence-corrected chi connectivity index (χ1v) is 5.93. The third-order valence-electron chi connectivity index (χ3n) is 2.24. The number of esters is 1. The van der Waals surface area contributed by atoms with E-state index in [9.17, 15) is 4.79 Å². The fraction of sp³-hybridized carbons (Fsp3) is 0.231. The minimum atomic E-state index is -0.574. The smallest absolute Gasteiger partial charge is 0.349 e. The number of hydrogen-bond acceptors (Lipinski definition) is 3. The maximum Gasteiger partial charge on any atom is 0.349 e. The van der Waals surface area contributed by atoms with Crippen molar-refractivity contribution in [3.8, 4) is 6.07 Å². The second-order valence-corrected chi connectivity index (χ2v) is 4.25. The van der Waals surface area contributed by atoms with Crippen LogP contribution in [0.25, 0.3) is 5.57 Å². The van der Waals surface area contributed by atoms with Gasteiger partial charge in [-0.25, -0.2) is 4.79 Å². The van der Waals surface area contributed by atoms with Crippen molar-refractivity contribution in [2.45, 2.75) is 13.8 Å². The quantitative estimate of drug-likeness (QED) is 0.488. The minimum Gasteiger partial charge on any atom is -0.462 e. The monoisotopic (exact) mass is 293 g/mol. The molecule has 1 rings (SSSR count). The van der Waals surface area contributed by atoms with Gasteiger partial charge in [-0.1, -0.05) is 28.1 Å². The maximum absolute atomic E-state index is 11.5. The molecule has 0 radical (unpaired) electrons. The number of carbonyl (C=O) groups is 1. The van der Waals surface area contributed by atoms with E-state index in [1.165, 1.54) is 0 Å². The van der Waals surface area contributed by atoms with E-state index < -0.39 is 5.97 Å². The molecule has 0 saturated heterocycles. The van der Waals surface area contributed by atoms with Crippen molar-refractivity contribution in [1.82, 2.24) is 0 Å². The molecule has 0 unspecified atom stereocenters. The first kappa shape index (κ1) is 13.5. The molecule has 0 N–H and O–H groups in total. The van der Waals surface area contributed by atoms with Gasteiger partial charge in [0, 0.05) is 4.47 Å². The number of rotatable bonds is 3. The van der Waals surface area contributed by atoms with Crippen molar-refractivity contribution in [2.75, 3.05) is 6.61 Å². The van der Waals surface area contributed by atoms with Crippen LogP contribution in [-0.4, -0.2) is 12.6 Å². The summed E-state index contributed by atoms with van der Waals surface area (Å²) in [5.74, 6) is -0.574. The zero-order valence-corrected chi connectivity index (χ0v) is 11.2. The van der Waals surface area contributed by atoms with Crippen LogP contribution in [0.15, 0.2) is 34.3 Å². The van der Waals surface area contributed by atoms with Gasteiger partial charge in [0.05, 0.1) is 6.61 Å². The molecule has 0 aliphatic carbocycles.